The highest BCUT2D eigenvalue weighted by Gasteiger charge is 2.28. The van der Waals surface area contributed by atoms with Crippen molar-refractivity contribution < 1.29 is 0 Å². The number of nitrogens with two attached hydrogens (primary N) is 1. The van der Waals surface area contributed by atoms with Crippen molar-refractivity contribution in [1.29, 1.82) is 0 Å². The molecule has 4 nitrogen and oxygen atoms in total. The maximum Gasteiger partial charge on any atom is 0.250 e. The van der Waals surface area contributed by atoms with E-state index in [-0.39, 0.29) is 12.1 Å². The summed E-state index contributed by atoms with van der Waals surface area (Å²) in [7, 11) is 0. The Kier molecular flexibility index (Phi) is 3.40. The summed E-state index contributed by atoms with van der Waals surface area (Å²) < 4.78 is 0. The fraction of sp³-hybridized carbons (Fsp3) is 0.375. The van der Waals surface area contributed by atoms with E-state index in [1.54, 1.807) is 0 Å². The molecule has 0 aliphatic heterocycles. The van der Waals surface area contributed by atoms with Gasteiger partial charge >= 0.3 is 0 Å². The van der Waals surface area contributed by atoms with Gasteiger partial charge in [0.25, 0.3) is 0 Å². The molecule has 2 aromatic rings. The van der Waals surface area contributed by atoms with Crippen LogP contribution in [0.2, 0.25) is 0 Å². The molecule has 3 rings (SSSR count). The molecule has 0 amide bonds. The van der Waals surface area contributed by atoms with Gasteiger partial charge in [0.1, 0.15) is 0 Å². The zero-order valence-corrected chi connectivity index (χ0v) is 11.3. The van der Waals surface area contributed by atoms with Crippen molar-refractivity contribution >= 4 is 5.69 Å². The van der Waals surface area contributed by atoms with Crippen LogP contribution >= 0.6 is 0 Å². The highest BCUT2D eigenvalue weighted by molar-refractivity contribution is 5.82. The zero-order valence-electron chi connectivity index (χ0n) is 11.3. The second kappa shape index (κ2) is 5.21. The lowest BCUT2D eigenvalue weighted by Gasteiger charge is -2.31. The number of hydrogen-bond acceptors (Lipinski definition) is 4. The Morgan fingerprint density at radius 2 is 1.70 bits per heavy atom. The molecule has 0 heterocycles. The Morgan fingerprint density at radius 3 is 2.40 bits per heavy atom. The van der Waals surface area contributed by atoms with E-state index in [9.17, 15) is 9.59 Å². The van der Waals surface area contributed by atoms with E-state index in [1.165, 1.54) is 0 Å². The number of nitrogens with one attached hydrogen (secondary N) is 1. The molecule has 1 saturated carbocycles. The van der Waals surface area contributed by atoms with Gasteiger partial charge in [0.05, 0.1) is 11.3 Å². The molecule has 0 radical (unpaired) electrons. The number of benzene rings is 1. The monoisotopic (exact) mass is 270 g/mol. The molecule has 0 spiro atoms. The summed E-state index contributed by atoms with van der Waals surface area (Å²) >= 11 is 0. The maximum absolute atomic E-state index is 11.8. The Balaban J connectivity index is 1.90. The molecule has 0 unspecified atom stereocenters. The summed E-state index contributed by atoms with van der Waals surface area (Å²) in [6.45, 7) is 0. The lowest BCUT2D eigenvalue weighted by atomic mass is 9.89. The fourth-order valence-electron chi connectivity index (χ4n) is 2.93. The molecule has 0 bridgehead atoms. The summed E-state index contributed by atoms with van der Waals surface area (Å²) in [5, 5.41) is 3.22. The minimum Gasteiger partial charge on any atom is -0.377 e. The first-order valence-corrected chi connectivity index (χ1v) is 7.09. The molecule has 1 aliphatic rings. The number of hydrogen-bond donors (Lipinski definition) is 2. The van der Waals surface area contributed by atoms with E-state index in [4.69, 9.17) is 5.73 Å². The van der Waals surface area contributed by atoms with Crippen molar-refractivity contribution in [2.75, 3.05) is 5.32 Å². The molecular formula is C16H18N2O2. The van der Waals surface area contributed by atoms with Crippen LogP contribution in [-0.2, 0) is 0 Å². The molecule has 1 aliphatic carbocycles. The lowest BCUT2D eigenvalue weighted by molar-refractivity contribution is 0.404. The van der Waals surface area contributed by atoms with Gasteiger partial charge in [0.15, 0.2) is 0 Å². The lowest BCUT2D eigenvalue weighted by Crippen LogP contribution is -2.46. The van der Waals surface area contributed by atoms with Crippen LogP contribution in [-0.4, -0.2) is 12.1 Å². The fourth-order valence-corrected chi connectivity index (χ4v) is 2.93. The molecule has 20 heavy (non-hydrogen) atoms. The van der Waals surface area contributed by atoms with Crippen molar-refractivity contribution in [1.82, 2.24) is 0 Å². The molecule has 2 atom stereocenters. The van der Waals surface area contributed by atoms with Gasteiger partial charge < -0.3 is 11.1 Å². The third kappa shape index (κ3) is 2.16. The van der Waals surface area contributed by atoms with Gasteiger partial charge in [0.2, 0.25) is 10.9 Å². The van der Waals surface area contributed by atoms with Crippen molar-refractivity contribution in [3.8, 4) is 11.1 Å². The minimum absolute atomic E-state index is 0.0526. The summed E-state index contributed by atoms with van der Waals surface area (Å²) in [6.07, 6.45) is 4.17. The summed E-state index contributed by atoms with van der Waals surface area (Å²) in [4.78, 5) is 23.6. The Bertz CT molecular complexity index is 671. The smallest absolute Gasteiger partial charge is 0.250 e. The van der Waals surface area contributed by atoms with Crippen LogP contribution in [0.15, 0.2) is 39.9 Å². The normalized spacial score (nSPS) is 22.9. The van der Waals surface area contributed by atoms with Gasteiger partial charge in [-0.1, -0.05) is 43.2 Å². The van der Waals surface area contributed by atoms with Gasteiger partial charge in [-0.05, 0) is 18.4 Å². The van der Waals surface area contributed by atoms with Crippen LogP contribution < -0.4 is 21.9 Å². The quantitative estimate of drug-likeness (QED) is 0.832. The largest absolute Gasteiger partial charge is 0.377 e. The Morgan fingerprint density at radius 1 is 1.00 bits per heavy atom. The zero-order chi connectivity index (χ0) is 14.1. The molecule has 2 aromatic carbocycles. The topological polar surface area (TPSA) is 72.2 Å². The summed E-state index contributed by atoms with van der Waals surface area (Å²) in [5.74, 6) is 0. The first-order valence-electron chi connectivity index (χ1n) is 7.09. The Hall–Kier alpha value is -1.94. The third-order valence-electron chi connectivity index (χ3n) is 4.12. The molecular weight excluding hydrogens is 252 g/mol. The standard InChI is InChI=1S/C16H18N2O2/c17-11-8-4-5-9-12(11)18-14-13(15(19)16(14)20)10-6-2-1-3-7-10/h1-3,6-7,11-12,18H,4-5,8-9,17H2/t11-,12-/m0/s1. The molecule has 0 saturated heterocycles. The van der Waals surface area contributed by atoms with Gasteiger partial charge in [0, 0.05) is 12.1 Å². The minimum atomic E-state index is -0.415. The summed E-state index contributed by atoms with van der Waals surface area (Å²) in [5.41, 5.74) is 7.02. The first kappa shape index (κ1) is 13.1. The van der Waals surface area contributed by atoms with Crippen molar-refractivity contribution in [2.24, 2.45) is 5.73 Å². The van der Waals surface area contributed by atoms with Crippen LogP contribution in [0.5, 0.6) is 0 Å². The third-order valence-corrected chi connectivity index (χ3v) is 4.12. The van der Waals surface area contributed by atoms with Crippen LogP contribution in [0, 0.1) is 0 Å². The molecule has 3 N–H and O–H groups in total. The van der Waals surface area contributed by atoms with Crippen molar-refractivity contribution in [3.05, 3.63) is 50.8 Å². The predicted molar refractivity (Wildman–Crippen MR) is 80.6 cm³/mol. The first-order chi connectivity index (χ1) is 9.68. The van der Waals surface area contributed by atoms with E-state index < -0.39 is 10.9 Å². The van der Waals surface area contributed by atoms with Gasteiger partial charge in [-0.25, -0.2) is 0 Å². The van der Waals surface area contributed by atoms with Gasteiger partial charge in [-0.2, -0.15) is 0 Å². The second-order valence-electron chi connectivity index (χ2n) is 5.47. The molecule has 4 heteroatoms. The van der Waals surface area contributed by atoms with Crippen LogP contribution in [0.25, 0.3) is 11.1 Å². The SMILES string of the molecule is N[C@H]1CCCC[C@@H]1Nc1c(-c2ccccc2)c(=O)c1=O. The highest BCUT2D eigenvalue weighted by atomic mass is 16.2. The molecule has 1 fully saturated rings. The summed E-state index contributed by atoms with van der Waals surface area (Å²) in [6, 6.07) is 9.46. The van der Waals surface area contributed by atoms with Crippen molar-refractivity contribution in [2.45, 2.75) is 37.8 Å². The van der Waals surface area contributed by atoms with E-state index in [1.807, 2.05) is 30.3 Å². The predicted octanol–water partition coefficient (Wildman–Crippen LogP) is 1.63. The van der Waals surface area contributed by atoms with Gasteiger partial charge in [-0.15, -0.1) is 0 Å². The van der Waals surface area contributed by atoms with Crippen LogP contribution in [0.1, 0.15) is 25.7 Å². The maximum atomic E-state index is 11.8. The highest BCUT2D eigenvalue weighted by Crippen LogP contribution is 2.26. The molecule has 0 aromatic heterocycles. The average Bonchev–Trinajstić information content (AvgIpc) is 2.49. The van der Waals surface area contributed by atoms with E-state index in [0.717, 1.165) is 31.2 Å². The number of anilines is 1. The van der Waals surface area contributed by atoms with Gasteiger partial charge in [-0.3, -0.25) is 9.59 Å². The molecule has 104 valence electrons. The average molecular weight is 270 g/mol. The second-order valence-corrected chi connectivity index (χ2v) is 5.47. The Labute approximate surface area is 117 Å². The van der Waals surface area contributed by atoms with Crippen LogP contribution in [0.3, 0.4) is 0 Å². The van der Waals surface area contributed by atoms with Crippen LogP contribution in [0.4, 0.5) is 5.69 Å². The number of rotatable bonds is 3. The van der Waals surface area contributed by atoms with E-state index in [0.29, 0.717) is 11.3 Å². The van der Waals surface area contributed by atoms with E-state index in [2.05, 4.69) is 5.32 Å². The van der Waals surface area contributed by atoms with Crippen molar-refractivity contribution in [3.63, 3.8) is 0 Å². The van der Waals surface area contributed by atoms with E-state index >= 15 is 0 Å².